The zero-order valence-corrected chi connectivity index (χ0v) is 11.9. The molecule has 0 radical (unpaired) electrons. The Kier molecular flexibility index (Phi) is 4.81. The Labute approximate surface area is 111 Å². The average molecular weight is 249 g/mol. The summed E-state index contributed by atoms with van der Waals surface area (Å²) >= 11 is 0. The van der Waals surface area contributed by atoms with E-state index >= 15 is 0 Å². The van der Waals surface area contributed by atoms with E-state index in [2.05, 4.69) is 24.3 Å². The van der Waals surface area contributed by atoms with Crippen molar-refractivity contribution in [3.8, 4) is 0 Å². The van der Waals surface area contributed by atoms with Gasteiger partial charge >= 0.3 is 0 Å². The lowest BCUT2D eigenvalue weighted by atomic mass is 9.85. The minimum absolute atomic E-state index is 0.561. The van der Waals surface area contributed by atoms with Crippen molar-refractivity contribution >= 4 is 0 Å². The summed E-state index contributed by atoms with van der Waals surface area (Å²) in [5, 5.41) is 7.94. The van der Waals surface area contributed by atoms with E-state index in [1.165, 1.54) is 38.5 Å². The maximum atomic E-state index is 4.22. The van der Waals surface area contributed by atoms with Gasteiger partial charge in [0, 0.05) is 25.0 Å². The molecule has 0 aliphatic heterocycles. The summed E-state index contributed by atoms with van der Waals surface area (Å²) < 4.78 is 2.01. The molecule has 1 saturated carbocycles. The Balaban J connectivity index is 1.61. The Morgan fingerprint density at radius 2 is 2.22 bits per heavy atom. The molecule has 1 heterocycles. The molecule has 1 fully saturated rings. The lowest BCUT2D eigenvalue weighted by Crippen LogP contribution is -2.30. The van der Waals surface area contributed by atoms with Crippen LogP contribution >= 0.6 is 0 Å². The van der Waals surface area contributed by atoms with Gasteiger partial charge in [-0.2, -0.15) is 5.10 Å². The van der Waals surface area contributed by atoms with Crippen molar-refractivity contribution < 1.29 is 0 Å². The second-order valence-corrected chi connectivity index (χ2v) is 6.37. The molecule has 1 aromatic heterocycles. The predicted molar refractivity (Wildman–Crippen MR) is 75.5 cm³/mol. The first-order valence-electron chi connectivity index (χ1n) is 7.37. The fourth-order valence-electron chi connectivity index (χ4n) is 2.85. The van der Waals surface area contributed by atoms with Gasteiger partial charge in [-0.15, -0.1) is 0 Å². The van der Waals surface area contributed by atoms with E-state index in [4.69, 9.17) is 0 Å². The third kappa shape index (κ3) is 4.45. The third-order valence-corrected chi connectivity index (χ3v) is 4.13. The molecule has 3 nitrogen and oxygen atoms in total. The fourth-order valence-corrected chi connectivity index (χ4v) is 2.85. The van der Waals surface area contributed by atoms with Crippen molar-refractivity contribution in [2.24, 2.45) is 5.41 Å². The number of hydrogen-bond donors (Lipinski definition) is 1. The molecular weight excluding hydrogens is 222 g/mol. The molecule has 0 saturated heterocycles. The van der Waals surface area contributed by atoms with Crippen LogP contribution in [0.4, 0.5) is 0 Å². The first kappa shape index (κ1) is 13.6. The molecule has 1 atom stereocenters. The molecule has 0 aromatic carbocycles. The summed E-state index contributed by atoms with van der Waals surface area (Å²) in [6.07, 6.45) is 11.9. The molecule has 1 aliphatic rings. The minimum Gasteiger partial charge on any atom is -0.314 e. The molecule has 0 bridgehead atoms. The molecule has 0 spiro atoms. The zero-order valence-electron chi connectivity index (χ0n) is 11.9. The highest BCUT2D eigenvalue weighted by Gasteiger charge is 2.23. The van der Waals surface area contributed by atoms with Crippen molar-refractivity contribution in [2.75, 3.05) is 6.54 Å². The van der Waals surface area contributed by atoms with Crippen molar-refractivity contribution in [2.45, 2.75) is 65.0 Å². The van der Waals surface area contributed by atoms with Crippen molar-refractivity contribution in [3.05, 3.63) is 18.5 Å². The van der Waals surface area contributed by atoms with Crippen LogP contribution in [-0.2, 0) is 6.54 Å². The number of hydrogen-bond acceptors (Lipinski definition) is 2. The molecule has 3 heteroatoms. The maximum absolute atomic E-state index is 4.22. The monoisotopic (exact) mass is 249 g/mol. The number of nitrogens with zero attached hydrogens (tertiary/aromatic N) is 2. The summed E-state index contributed by atoms with van der Waals surface area (Å²) in [5.41, 5.74) is 0.561. The van der Waals surface area contributed by atoms with Gasteiger partial charge in [-0.25, -0.2) is 0 Å². The summed E-state index contributed by atoms with van der Waals surface area (Å²) in [6.45, 7) is 6.96. The van der Waals surface area contributed by atoms with Crippen LogP contribution in [0, 0.1) is 5.41 Å². The molecule has 18 heavy (non-hydrogen) atoms. The topological polar surface area (TPSA) is 29.9 Å². The normalized spacial score (nSPS) is 23.8. The highest BCUT2D eigenvalue weighted by molar-refractivity contribution is 4.80. The second-order valence-electron chi connectivity index (χ2n) is 6.37. The van der Waals surface area contributed by atoms with Gasteiger partial charge in [-0.3, -0.25) is 4.68 Å². The van der Waals surface area contributed by atoms with Crippen LogP contribution in [0.1, 0.15) is 52.4 Å². The lowest BCUT2D eigenvalue weighted by Gasteiger charge is -2.22. The van der Waals surface area contributed by atoms with E-state index in [1.807, 2.05) is 23.1 Å². The van der Waals surface area contributed by atoms with Gasteiger partial charge in [0.25, 0.3) is 0 Å². The molecular formula is C15H27N3. The summed E-state index contributed by atoms with van der Waals surface area (Å²) in [5.74, 6) is 0. The Morgan fingerprint density at radius 3 is 3.00 bits per heavy atom. The van der Waals surface area contributed by atoms with Crippen molar-refractivity contribution in [1.82, 2.24) is 15.1 Å². The maximum Gasteiger partial charge on any atom is 0.0489 e. The number of aromatic nitrogens is 2. The van der Waals surface area contributed by atoms with Gasteiger partial charge in [0.05, 0.1) is 0 Å². The van der Waals surface area contributed by atoms with Gasteiger partial charge in [0.1, 0.15) is 0 Å². The van der Waals surface area contributed by atoms with Crippen molar-refractivity contribution in [3.63, 3.8) is 0 Å². The van der Waals surface area contributed by atoms with Crippen LogP contribution in [0.3, 0.4) is 0 Å². The standard InChI is InChI=1S/C15H27N3/c1-15(2)8-3-6-14(7-9-15)16-10-4-12-18-13-5-11-17-18/h5,11,13-14,16H,3-4,6-10,12H2,1-2H3. The summed E-state index contributed by atoms with van der Waals surface area (Å²) in [4.78, 5) is 0. The SMILES string of the molecule is CC1(C)CCCC(NCCCn2cccn2)CC1. The van der Waals surface area contributed by atoms with E-state index in [-0.39, 0.29) is 0 Å². The predicted octanol–water partition coefficient (Wildman–Crippen LogP) is 3.22. The lowest BCUT2D eigenvalue weighted by molar-refractivity contribution is 0.309. The molecule has 1 N–H and O–H groups in total. The Morgan fingerprint density at radius 1 is 1.33 bits per heavy atom. The van der Waals surface area contributed by atoms with Crippen LogP contribution in [0.25, 0.3) is 0 Å². The Hall–Kier alpha value is -0.830. The van der Waals surface area contributed by atoms with Crippen molar-refractivity contribution in [1.29, 1.82) is 0 Å². The van der Waals surface area contributed by atoms with E-state index in [0.717, 1.165) is 19.1 Å². The molecule has 2 rings (SSSR count). The molecule has 102 valence electrons. The van der Waals surface area contributed by atoms with Gasteiger partial charge in [-0.05, 0) is 50.1 Å². The van der Waals surface area contributed by atoms with E-state index < -0.39 is 0 Å². The number of rotatable bonds is 5. The van der Waals surface area contributed by atoms with E-state index in [1.54, 1.807) is 0 Å². The highest BCUT2D eigenvalue weighted by Crippen LogP contribution is 2.33. The fraction of sp³-hybridized carbons (Fsp3) is 0.800. The van der Waals surface area contributed by atoms with Crippen LogP contribution in [0.15, 0.2) is 18.5 Å². The first-order chi connectivity index (χ1) is 8.66. The number of aryl methyl sites for hydroxylation is 1. The van der Waals surface area contributed by atoms with E-state index in [0.29, 0.717) is 5.41 Å². The van der Waals surface area contributed by atoms with Gasteiger partial charge in [0.15, 0.2) is 0 Å². The Bertz CT molecular complexity index is 330. The molecule has 0 amide bonds. The highest BCUT2D eigenvalue weighted by atomic mass is 15.3. The number of nitrogens with one attached hydrogen (secondary N) is 1. The van der Waals surface area contributed by atoms with Gasteiger partial charge in [-0.1, -0.05) is 20.3 Å². The second kappa shape index (κ2) is 6.37. The minimum atomic E-state index is 0.561. The summed E-state index contributed by atoms with van der Waals surface area (Å²) in [7, 11) is 0. The molecule has 1 aromatic rings. The summed E-state index contributed by atoms with van der Waals surface area (Å²) in [6, 6.07) is 2.73. The van der Waals surface area contributed by atoms with Crippen LogP contribution in [0.2, 0.25) is 0 Å². The van der Waals surface area contributed by atoms with E-state index in [9.17, 15) is 0 Å². The first-order valence-corrected chi connectivity index (χ1v) is 7.37. The third-order valence-electron chi connectivity index (χ3n) is 4.13. The van der Waals surface area contributed by atoms with Crippen LogP contribution in [0.5, 0.6) is 0 Å². The van der Waals surface area contributed by atoms with Crippen LogP contribution in [-0.4, -0.2) is 22.4 Å². The van der Waals surface area contributed by atoms with Gasteiger partial charge in [0.2, 0.25) is 0 Å². The van der Waals surface area contributed by atoms with Gasteiger partial charge < -0.3 is 5.32 Å². The van der Waals surface area contributed by atoms with Crippen LogP contribution < -0.4 is 5.32 Å². The molecule has 1 aliphatic carbocycles. The quantitative estimate of drug-likeness (QED) is 0.641. The zero-order chi connectivity index (χ0) is 12.8. The smallest absolute Gasteiger partial charge is 0.0489 e. The largest absolute Gasteiger partial charge is 0.314 e. The average Bonchev–Trinajstić information content (AvgIpc) is 2.77. The molecule has 1 unspecified atom stereocenters.